The lowest BCUT2D eigenvalue weighted by Crippen LogP contribution is -2.24. The summed E-state index contributed by atoms with van der Waals surface area (Å²) < 4.78 is 4.67. The van der Waals surface area contributed by atoms with Crippen molar-refractivity contribution in [3.05, 3.63) is 29.6 Å². The fourth-order valence-corrected chi connectivity index (χ4v) is 1.45. The molecule has 0 aliphatic rings. The largest absolute Gasteiger partial charge is 0.466 e. The zero-order chi connectivity index (χ0) is 13.5. The van der Waals surface area contributed by atoms with Gasteiger partial charge in [0.2, 0.25) is 0 Å². The zero-order valence-electron chi connectivity index (χ0n) is 10.1. The number of hydrogen-bond acceptors (Lipinski definition) is 6. The Labute approximate surface area is 105 Å². The second-order valence-electron chi connectivity index (χ2n) is 3.77. The maximum absolute atomic E-state index is 11.2. The summed E-state index contributed by atoms with van der Waals surface area (Å²) in [5, 5.41) is 28.5. The van der Waals surface area contributed by atoms with Crippen LogP contribution in [0, 0.1) is 0 Å². The minimum absolute atomic E-state index is 0.184. The maximum Gasteiger partial charge on any atom is 0.308 e. The van der Waals surface area contributed by atoms with E-state index in [2.05, 4.69) is 9.72 Å². The molecule has 0 aliphatic carbocycles. The fraction of sp³-hybridized carbons (Fsp3) is 0.500. The van der Waals surface area contributed by atoms with Crippen LogP contribution in [0.15, 0.2) is 18.3 Å². The Balaban J connectivity index is 2.67. The Morgan fingerprint density at radius 3 is 2.83 bits per heavy atom. The molecule has 0 amide bonds. The van der Waals surface area contributed by atoms with Crippen molar-refractivity contribution in [2.75, 3.05) is 6.61 Å². The molecule has 1 rings (SSSR count). The minimum Gasteiger partial charge on any atom is -0.466 e. The molecule has 0 aliphatic heterocycles. The molecule has 0 fully saturated rings. The number of aliphatic hydroxyl groups excluding tert-OH is 3. The number of nitrogens with zero attached hydrogens (tertiary/aromatic N) is 1. The third-order valence-electron chi connectivity index (χ3n) is 2.38. The molecule has 3 N–H and O–H groups in total. The van der Waals surface area contributed by atoms with E-state index in [4.69, 9.17) is 5.11 Å². The summed E-state index contributed by atoms with van der Waals surface area (Å²) in [6, 6.07) is 3.06. The van der Waals surface area contributed by atoms with Crippen molar-refractivity contribution in [3.63, 3.8) is 0 Å². The number of pyridine rings is 1. The molecule has 0 radical (unpaired) electrons. The van der Waals surface area contributed by atoms with Crippen molar-refractivity contribution in [1.29, 1.82) is 0 Å². The Morgan fingerprint density at radius 1 is 1.50 bits per heavy atom. The van der Waals surface area contributed by atoms with Gasteiger partial charge in [0.05, 0.1) is 31.4 Å². The van der Waals surface area contributed by atoms with E-state index in [0.29, 0.717) is 5.56 Å². The normalized spacial score (nSPS) is 14.0. The molecule has 0 spiro atoms. The van der Waals surface area contributed by atoms with Gasteiger partial charge in [-0.25, -0.2) is 0 Å². The summed E-state index contributed by atoms with van der Waals surface area (Å²) in [6.45, 7) is 1.70. The van der Waals surface area contributed by atoms with Crippen molar-refractivity contribution < 1.29 is 24.9 Å². The number of aromatic nitrogens is 1. The number of esters is 1. The van der Waals surface area contributed by atoms with Gasteiger partial charge in [-0.05, 0) is 24.6 Å². The van der Waals surface area contributed by atoms with E-state index < -0.39 is 18.2 Å². The zero-order valence-corrected chi connectivity index (χ0v) is 10.1. The van der Waals surface area contributed by atoms with Gasteiger partial charge < -0.3 is 20.1 Å². The molecule has 2 atom stereocenters. The lowest BCUT2D eigenvalue weighted by Gasteiger charge is -2.16. The lowest BCUT2D eigenvalue weighted by molar-refractivity contribution is -0.147. The van der Waals surface area contributed by atoms with Gasteiger partial charge in [-0.1, -0.05) is 0 Å². The van der Waals surface area contributed by atoms with Crippen molar-refractivity contribution in [2.45, 2.75) is 32.2 Å². The van der Waals surface area contributed by atoms with Crippen molar-refractivity contribution in [1.82, 2.24) is 4.98 Å². The highest BCUT2D eigenvalue weighted by Gasteiger charge is 2.23. The van der Waals surface area contributed by atoms with E-state index in [1.807, 2.05) is 0 Å². The molecule has 1 aromatic rings. The highest BCUT2D eigenvalue weighted by atomic mass is 16.5. The Bertz CT molecular complexity index is 396. The molecule has 0 saturated carbocycles. The smallest absolute Gasteiger partial charge is 0.308 e. The van der Waals surface area contributed by atoms with Gasteiger partial charge in [-0.15, -0.1) is 0 Å². The molecule has 6 heteroatoms. The first-order chi connectivity index (χ1) is 8.58. The van der Waals surface area contributed by atoms with Gasteiger partial charge >= 0.3 is 5.97 Å². The molecular formula is C12H17NO5. The lowest BCUT2D eigenvalue weighted by atomic mass is 10.1. The number of hydrogen-bond donors (Lipinski definition) is 3. The highest BCUT2D eigenvalue weighted by Crippen LogP contribution is 2.18. The topological polar surface area (TPSA) is 99.9 Å². The van der Waals surface area contributed by atoms with Crippen LogP contribution in [-0.2, 0) is 16.1 Å². The predicted molar refractivity (Wildman–Crippen MR) is 62.4 cm³/mol. The molecule has 1 aromatic heterocycles. The Kier molecular flexibility index (Phi) is 5.70. The molecule has 6 nitrogen and oxygen atoms in total. The average Bonchev–Trinajstić information content (AvgIpc) is 2.38. The van der Waals surface area contributed by atoms with E-state index in [1.54, 1.807) is 13.0 Å². The van der Waals surface area contributed by atoms with E-state index in [1.165, 1.54) is 12.3 Å². The van der Waals surface area contributed by atoms with Gasteiger partial charge in [0.15, 0.2) is 0 Å². The Morgan fingerprint density at radius 2 is 2.22 bits per heavy atom. The monoisotopic (exact) mass is 255 g/mol. The van der Waals surface area contributed by atoms with Crippen LogP contribution in [0.2, 0.25) is 0 Å². The molecular weight excluding hydrogens is 238 g/mol. The van der Waals surface area contributed by atoms with Gasteiger partial charge in [0.1, 0.15) is 6.10 Å². The van der Waals surface area contributed by atoms with Gasteiger partial charge in [0.25, 0.3) is 0 Å². The first kappa shape index (κ1) is 14.6. The van der Waals surface area contributed by atoms with Crippen molar-refractivity contribution >= 4 is 5.97 Å². The van der Waals surface area contributed by atoms with E-state index >= 15 is 0 Å². The number of aliphatic hydroxyl groups is 3. The molecule has 0 saturated heterocycles. The molecule has 100 valence electrons. The first-order valence-electron chi connectivity index (χ1n) is 5.66. The highest BCUT2D eigenvalue weighted by molar-refractivity contribution is 5.70. The molecule has 0 bridgehead atoms. The van der Waals surface area contributed by atoms with Crippen LogP contribution < -0.4 is 0 Å². The number of rotatable bonds is 6. The molecule has 2 unspecified atom stereocenters. The van der Waals surface area contributed by atoms with Crippen LogP contribution in [0.25, 0.3) is 0 Å². The number of ether oxygens (including phenoxy) is 1. The van der Waals surface area contributed by atoms with Crippen molar-refractivity contribution in [3.8, 4) is 0 Å². The summed E-state index contributed by atoms with van der Waals surface area (Å²) in [7, 11) is 0. The molecule has 18 heavy (non-hydrogen) atoms. The van der Waals surface area contributed by atoms with Gasteiger partial charge in [-0.3, -0.25) is 9.78 Å². The van der Waals surface area contributed by atoms with Gasteiger partial charge in [0, 0.05) is 6.20 Å². The van der Waals surface area contributed by atoms with E-state index in [9.17, 15) is 15.0 Å². The van der Waals surface area contributed by atoms with Crippen molar-refractivity contribution in [2.24, 2.45) is 0 Å². The third-order valence-corrected chi connectivity index (χ3v) is 2.38. The maximum atomic E-state index is 11.2. The second kappa shape index (κ2) is 7.05. The van der Waals surface area contributed by atoms with Crippen LogP contribution in [0.1, 0.15) is 30.7 Å². The summed E-state index contributed by atoms with van der Waals surface area (Å²) in [5.41, 5.74) is 0.778. The number of carbonyl (C=O) groups is 1. The van der Waals surface area contributed by atoms with E-state index in [0.717, 1.165) is 0 Å². The third kappa shape index (κ3) is 4.06. The van der Waals surface area contributed by atoms with Crippen LogP contribution in [0.3, 0.4) is 0 Å². The van der Waals surface area contributed by atoms with Crippen LogP contribution in [0.4, 0.5) is 0 Å². The quantitative estimate of drug-likeness (QED) is 0.615. The SMILES string of the molecule is CCOC(=O)CC(O)C(O)c1cc(CO)ccn1. The standard InChI is InChI=1S/C12H17NO5/c1-2-18-11(16)6-10(15)12(17)9-5-8(7-14)3-4-13-9/h3-5,10,12,14-15,17H,2,6-7H2,1H3. The minimum atomic E-state index is -1.29. The van der Waals surface area contributed by atoms with Crippen LogP contribution in [-0.4, -0.2) is 39.0 Å². The van der Waals surface area contributed by atoms with Crippen LogP contribution in [0.5, 0.6) is 0 Å². The summed E-state index contributed by atoms with van der Waals surface area (Å²) in [6.07, 6.45) is -1.47. The van der Waals surface area contributed by atoms with Gasteiger partial charge in [-0.2, -0.15) is 0 Å². The molecule has 1 heterocycles. The average molecular weight is 255 g/mol. The number of carbonyl (C=O) groups excluding carboxylic acids is 1. The summed E-state index contributed by atoms with van der Waals surface area (Å²) >= 11 is 0. The summed E-state index contributed by atoms with van der Waals surface area (Å²) in [4.78, 5) is 15.0. The predicted octanol–water partition coefficient (Wildman–Crippen LogP) is -0.0786. The summed E-state index contributed by atoms with van der Waals surface area (Å²) in [5.74, 6) is -0.581. The van der Waals surface area contributed by atoms with Crippen LogP contribution >= 0.6 is 0 Å². The fourth-order valence-electron chi connectivity index (χ4n) is 1.45. The first-order valence-corrected chi connectivity index (χ1v) is 5.66. The van der Waals surface area contributed by atoms with E-state index in [-0.39, 0.29) is 25.3 Å². The molecule has 0 aromatic carbocycles. The Hall–Kier alpha value is -1.50. The second-order valence-corrected chi connectivity index (χ2v) is 3.77.